The van der Waals surface area contributed by atoms with E-state index < -0.39 is 0 Å². The van der Waals surface area contributed by atoms with Gasteiger partial charge in [0.15, 0.2) is 0 Å². The number of ether oxygens (including phenoxy) is 1. The van der Waals surface area contributed by atoms with Gasteiger partial charge in [0, 0.05) is 24.4 Å². The first-order valence-electron chi connectivity index (χ1n) is 9.30. The van der Waals surface area contributed by atoms with Gasteiger partial charge in [0.2, 0.25) is 5.91 Å². The summed E-state index contributed by atoms with van der Waals surface area (Å²) >= 11 is 0. The summed E-state index contributed by atoms with van der Waals surface area (Å²) in [5.74, 6) is 1.40. The Kier molecular flexibility index (Phi) is 5.77. The van der Waals surface area contributed by atoms with Gasteiger partial charge in [-0.25, -0.2) is 0 Å². The number of likely N-dealkylation sites (tertiary alicyclic amines) is 1. The maximum atomic E-state index is 12.7. The van der Waals surface area contributed by atoms with Crippen molar-refractivity contribution < 1.29 is 14.6 Å². The van der Waals surface area contributed by atoms with Crippen LogP contribution in [0.4, 0.5) is 0 Å². The van der Waals surface area contributed by atoms with E-state index in [0.717, 1.165) is 44.4 Å². The lowest BCUT2D eigenvalue weighted by Crippen LogP contribution is -2.49. The molecule has 1 amide bonds. The summed E-state index contributed by atoms with van der Waals surface area (Å²) in [7, 11) is 0. The maximum Gasteiger partial charge on any atom is 0.225 e. The van der Waals surface area contributed by atoms with E-state index in [1.807, 2.05) is 35.2 Å². The van der Waals surface area contributed by atoms with Crippen molar-refractivity contribution in [3.63, 3.8) is 0 Å². The van der Waals surface area contributed by atoms with Crippen molar-refractivity contribution in [3.05, 3.63) is 30.3 Å². The molecule has 0 spiro atoms. The molecule has 132 valence electrons. The quantitative estimate of drug-likeness (QED) is 0.870. The third kappa shape index (κ3) is 4.10. The maximum absolute atomic E-state index is 12.7. The molecular weight excluding hydrogens is 302 g/mol. The highest BCUT2D eigenvalue weighted by Gasteiger charge is 2.38. The second kappa shape index (κ2) is 8.02. The van der Waals surface area contributed by atoms with Crippen molar-refractivity contribution in [2.24, 2.45) is 11.3 Å². The minimum absolute atomic E-state index is 0.125. The van der Waals surface area contributed by atoms with E-state index >= 15 is 0 Å². The second-order valence-electron chi connectivity index (χ2n) is 7.41. The lowest BCUT2D eigenvalue weighted by molar-refractivity contribution is -0.140. The summed E-state index contributed by atoms with van der Waals surface area (Å²) < 4.78 is 5.82. The molecule has 3 rings (SSSR count). The number of hydrogen-bond donors (Lipinski definition) is 1. The van der Waals surface area contributed by atoms with Gasteiger partial charge in [-0.05, 0) is 44.2 Å². The van der Waals surface area contributed by atoms with Gasteiger partial charge in [0.1, 0.15) is 5.75 Å². The summed E-state index contributed by atoms with van der Waals surface area (Å²) in [5.41, 5.74) is -0.207. The fourth-order valence-electron chi connectivity index (χ4n) is 4.14. The van der Waals surface area contributed by atoms with Crippen LogP contribution >= 0.6 is 0 Å². The molecule has 0 aromatic heterocycles. The Morgan fingerprint density at radius 1 is 1.21 bits per heavy atom. The van der Waals surface area contributed by atoms with Crippen LogP contribution in [0.1, 0.15) is 44.9 Å². The molecule has 1 heterocycles. The Balaban J connectivity index is 1.55. The van der Waals surface area contributed by atoms with E-state index in [1.54, 1.807) is 0 Å². The first-order chi connectivity index (χ1) is 11.7. The minimum atomic E-state index is -0.207. The zero-order valence-electron chi connectivity index (χ0n) is 14.5. The Bertz CT molecular complexity index is 527. The Hall–Kier alpha value is -1.55. The number of hydrogen-bond acceptors (Lipinski definition) is 3. The number of para-hydroxylation sites is 1. The molecule has 4 nitrogen and oxygen atoms in total. The number of rotatable bonds is 6. The van der Waals surface area contributed by atoms with Gasteiger partial charge < -0.3 is 14.7 Å². The molecule has 2 fully saturated rings. The summed E-state index contributed by atoms with van der Waals surface area (Å²) in [6.07, 6.45) is 7.17. The monoisotopic (exact) mass is 331 g/mol. The molecule has 24 heavy (non-hydrogen) atoms. The zero-order chi connectivity index (χ0) is 16.8. The molecule has 1 saturated heterocycles. The highest BCUT2D eigenvalue weighted by atomic mass is 16.5. The molecule has 4 heteroatoms. The Labute approximate surface area is 144 Å². The van der Waals surface area contributed by atoms with E-state index in [-0.39, 0.29) is 17.9 Å². The summed E-state index contributed by atoms with van der Waals surface area (Å²) in [5, 5.41) is 10.0. The van der Waals surface area contributed by atoms with E-state index in [9.17, 15) is 9.90 Å². The van der Waals surface area contributed by atoms with Crippen LogP contribution in [0, 0.1) is 11.3 Å². The van der Waals surface area contributed by atoms with E-state index in [2.05, 4.69) is 0 Å². The molecular formula is C20H29NO3. The Morgan fingerprint density at radius 3 is 2.67 bits per heavy atom. The van der Waals surface area contributed by atoms with Gasteiger partial charge in [-0.1, -0.05) is 31.0 Å². The van der Waals surface area contributed by atoms with Gasteiger partial charge in [0.25, 0.3) is 0 Å². The largest absolute Gasteiger partial charge is 0.494 e. The number of nitrogens with zero attached hydrogens (tertiary/aromatic N) is 1. The molecule has 1 atom stereocenters. The molecule has 1 saturated carbocycles. The summed E-state index contributed by atoms with van der Waals surface area (Å²) in [4.78, 5) is 14.7. The van der Waals surface area contributed by atoms with Crippen LogP contribution in [0.15, 0.2) is 30.3 Å². The van der Waals surface area contributed by atoms with Crippen LogP contribution in [0.2, 0.25) is 0 Å². The van der Waals surface area contributed by atoms with Gasteiger partial charge in [-0.3, -0.25) is 4.79 Å². The van der Waals surface area contributed by atoms with Crippen LogP contribution in [-0.4, -0.2) is 42.2 Å². The number of amides is 1. The predicted octanol–water partition coefficient (Wildman–Crippen LogP) is 3.25. The zero-order valence-corrected chi connectivity index (χ0v) is 14.5. The smallest absolute Gasteiger partial charge is 0.225 e. The number of aliphatic hydroxyl groups excluding tert-OH is 1. The lowest BCUT2D eigenvalue weighted by Gasteiger charge is -2.42. The van der Waals surface area contributed by atoms with Crippen LogP contribution in [0.5, 0.6) is 5.75 Å². The molecule has 1 aromatic rings. The van der Waals surface area contributed by atoms with Crippen molar-refractivity contribution in [1.82, 2.24) is 4.90 Å². The SMILES string of the molecule is O=C(C1CCCC1)N1CCCC(CO)(CCOc2ccccc2)C1. The summed E-state index contributed by atoms with van der Waals surface area (Å²) in [6.45, 7) is 2.23. The van der Waals surface area contributed by atoms with Gasteiger partial charge in [-0.15, -0.1) is 0 Å². The van der Waals surface area contributed by atoms with Crippen LogP contribution in [-0.2, 0) is 4.79 Å². The molecule has 1 aromatic carbocycles. The highest BCUT2D eigenvalue weighted by molar-refractivity contribution is 5.79. The lowest BCUT2D eigenvalue weighted by atomic mass is 9.77. The van der Waals surface area contributed by atoms with Gasteiger partial charge >= 0.3 is 0 Å². The molecule has 1 aliphatic heterocycles. The van der Waals surface area contributed by atoms with Crippen molar-refractivity contribution in [3.8, 4) is 5.75 Å². The third-order valence-corrected chi connectivity index (χ3v) is 5.66. The number of aliphatic hydroxyl groups is 1. The first kappa shape index (κ1) is 17.3. The average Bonchev–Trinajstić information content (AvgIpc) is 3.17. The Morgan fingerprint density at radius 2 is 1.96 bits per heavy atom. The molecule has 2 aliphatic rings. The second-order valence-corrected chi connectivity index (χ2v) is 7.41. The van der Waals surface area contributed by atoms with Crippen LogP contribution in [0.3, 0.4) is 0 Å². The standard InChI is InChI=1S/C20H29NO3/c22-16-20(12-14-24-18-9-2-1-3-10-18)11-6-13-21(15-20)19(23)17-7-4-5-8-17/h1-3,9-10,17,22H,4-8,11-16H2. The number of carbonyl (C=O) groups excluding carboxylic acids is 1. The predicted molar refractivity (Wildman–Crippen MR) is 93.8 cm³/mol. The fraction of sp³-hybridized carbons (Fsp3) is 0.650. The van der Waals surface area contributed by atoms with E-state index in [4.69, 9.17) is 4.74 Å². The summed E-state index contributed by atoms with van der Waals surface area (Å²) in [6, 6.07) is 9.78. The first-order valence-corrected chi connectivity index (χ1v) is 9.30. The minimum Gasteiger partial charge on any atom is -0.494 e. The fourth-order valence-corrected chi connectivity index (χ4v) is 4.14. The number of benzene rings is 1. The molecule has 0 bridgehead atoms. The van der Waals surface area contributed by atoms with Gasteiger partial charge in [0.05, 0.1) is 13.2 Å². The van der Waals surface area contributed by atoms with Gasteiger partial charge in [-0.2, -0.15) is 0 Å². The number of piperidine rings is 1. The van der Waals surface area contributed by atoms with Crippen LogP contribution in [0.25, 0.3) is 0 Å². The molecule has 1 aliphatic carbocycles. The van der Waals surface area contributed by atoms with Crippen molar-refractivity contribution in [2.45, 2.75) is 44.9 Å². The van der Waals surface area contributed by atoms with E-state index in [1.165, 1.54) is 12.8 Å². The van der Waals surface area contributed by atoms with Crippen LogP contribution < -0.4 is 4.74 Å². The topological polar surface area (TPSA) is 49.8 Å². The average molecular weight is 331 g/mol. The van der Waals surface area contributed by atoms with Crippen molar-refractivity contribution >= 4 is 5.91 Å². The molecule has 1 unspecified atom stereocenters. The van der Waals surface area contributed by atoms with Crippen molar-refractivity contribution in [2.75, 3.05) is 26.3 Å². The van der Waals surface area contributed by atoms with E-state index in [0.29, 0.717) is 19.1 Å². The molecule has 1 N–H and O–H groups in total. The normalized spacial score (nSPS) is 25.0. The highest BCUT2D eigenvalue weighted by Crippen LogP contribution is 2.35. The third-order valence-electron chi connectivity index (χ3n) is 5.66. The molecule has 0 radical (unpaired) electrons. The van der Waals surface area contributed by atoms with Crippen molar-refractivity contribution in [1.29, 1.82) is 0 Å². The number of carbonyl (C=O) groups is 1.